The Morgan fingerprint density at radius 1 is 1.31 bits per heavy atom. The quantitative estimate of drug-likeness (QED) is 0.711. The topological polar surface area (TPSA) is 125 Å². The zero-order valence-corrected chi connectivity index (χ0v) is 13.9. The van der Waals surface area contributed by atoms with Gasteiger partial charge < -0.3 is 25.2 Å². The average Bonchev–Trinajstić information content (AvgIpc) is 2.63. The van der Waals surface area contributed by atoms with Crippen LogP contribution in [0, 0.1) is 0 Å². The van der Waals surface area contributed by atoms with Gasteiger partial charge in [-0.2, -0.15) is 0 Å². The van der Waals surface area contributed by atoms with E-state index in [0.717, 1.165) is 11.3 Å². The highest BCUT2D eigenvalue weighted by molar-refractivity contribution is 5.97. The van der Waals surface area contributed by atoms with Gasteiger partial charge in [-0.1, -0.05) is 6.07 Å². The third kappa shape index (κ3) is 3.89. The fourth-order valence-corrected chi connectivity index (χ4v) is 2.81. The van der Waals surface area contributed by atoms with Crippen molar-refractivity contribution in [1.29, 1.82) is 0 Å². The molecule has 3 N–H and O–H groups in total. The molecule has 1 aromatic carbocycles. The normalized spacial score (nSPS) is 13.3. The minimum Gasteiger partial charge on any atom is -0.465 e. The molecule has 2 aromatic rings. The van der Waals surface area contributed by atoms with Gasteiger partial charge in [0.05, 0.1) is 24.5 Å². The summed E-state index contributed by atoms with van der Waals surface area (Å²) in [6.07, 6.45) is 1.03. The first-order valence-electron chi connectivity index (χ1n) is 8.07. The number of nitrogens with one attached hydrogen (secondary N) is 1. The number of hydrogen-bond acceptors (Lipinski definition) is 6. The van der Waals surface area contributed by atoms with Crippen LogP contribution in [0.2, 0.25) is 0 Å². The van der Waals surface area contributed by atoms with Crippen molar-refractivity contribution in [2.45, 2.75) is 19.4 Å². The molecule has 0 unspecified atom stereocenters. The SMILES string of the molecule is O=C(O)NCc1cc(Oc2cccc3c2CCC(=O)N3CCO)ncn1. The number of hydrogen-bond donors (Lipinski definition) is 3. The molecule has 1 aromatic heterocycles. The average molecular weight is 358 g/mol. The largest absolute Gasteiger partial charge is 0.465 e. The molecule has 0 spiro atoms. The Bertz CT molecular complexity index is 827. The minimum atomic E-state index is -1.14. The Labute approximate surface area is 149 Å². The van der Waals surface area contributed by atoms with E-state index in [9.17, 15) is 14.7 Å². The maximum atomic E-state index is 12.1. The molecule has 1 aliphatic rings. The number of ether oxygens (including phenoxy) is 1. The number of amides is 2. The van der Waals surface area contributed by atoms with Crippen LogP contribution in [-0.4, -0.2) is 45.3 Å². The number of carboxylic acid groups (broad SMARTS) is 1. The number of β-amino-alcohol motifs (C(OH)–C–C–N with tert-alkyl or cyclic N) is 1. The molecule has 1 aliphatic heterocycles. The van der Waals surface area contributed by atoms with Gasteiger partial charge in [0.25, 0.3) is 0 Å². The zero-order valence-electron chi connectivity index (χ0n) is 13.9. The van der Waals surface area contributed by atoms with E-state index in [0.29, 0.717) is 24.3 Å². The van der Waals surface area contributed by atoms with E-state index in [1.807, 2.05) is 6.07 Å². The maximum absolute atomic E-state index is 12.1. The smallest absolute Gasteiger partial charge is 0.404 e. The van der Waals surface area contributed by atoms with E-state index in [1.165, 1.54) is 6.33 Å². The molecule has 0 aliphatic carbocycles. The second-order valence-electron chi connectivity index (χ2n) is 5.63. The van der Waals surface area contributed by atoms with E-state index in [2.05, 4.69) is 15.3 Å². The molecule has 0 atom stereocenters. The number of aliphatic hydroxyl groups is 1. The van der Waals surface area contributed by atoms with Crippen LogP contribution >= 0.6 is 0 Å². The van der Waals surface area contributed by atoms with Gasteiger partial charge in [-0.25, -0.2) is 14.8 Å². The third-order valence-corrected chi connectivity index (χ3v) is 3.95. The summed E-state index contributed by atoms with van der Waals surface area (Å²) in [5.41, 5.74) is 2.05. The number of nitrogens with zero attached hydrogens (tertiary/aromatic N) is 3. The van der Waals surface area contributed by atoms with Crippen molar-refractivity contribution in [1.82, 2.24) is 15.3 Å². The molecule has 0 fully saturated rings. The molecule has 2 amide bonds. The van der Waals surface area contributed by atoms with Crippen molar-refractivity contribution in [3.05, 3.63) is 41.9 Å². The molecule has 9 nitrogen and oxygen atoms in total. The Balaban J connectivity index is 1.84. The van der Waals surface area contributed by atoms with Crippen LogP contribution in [0.1, 0.15) is 17.7 Å². The highest BCUT2D eigenvalue weighted by atomic mass is 16.5. The molecular weight excluding hydrogens is 340 g/mol. The summed E-state index contributed by atoms with van der Waals surface area (Å²) < 4.78 is 5.86. The van der Waals surface area contributed by atoms with Crippen molar-refractivity contribution < 1.29 is 24.5 Å². The highest BCUT2D eigenvalue weighted by Gasteiger charge is 2.26. The lowest BCUT2D eigenvalue weighted by Crippen LogP contribution is -2.37. The zero-order chi connectivity index (χ0) is 18.5. The minimum absolute atomic E-state index is 0.0345. The summed E-state index contributed by atoms with van der Waals surface area (Å²) in [6.45, 7) is 0.149. The van der Waals surface area contributed by atoms with E-state index < -0.39 is 6.09 Å². The summed E-state index contributed by atoms with van der Waals surface area (Å²) in [6, 6.07) is 6.92. The van der Waals surface area contributed by atoms with Crippen LogP contribution in [0.15, 0.2) is 30.6 Å². The Hall–Kier alpha value is -3.20. The summed E-state index contributed by atoms with van der Waals surface area (Å²) in [5.74, 6) is 0.808. The molecule has 9 heteroatoms. The monoisotopic (exact) mass is 358 g/mol. The van der Waals surface area contributed by atoms with Crippen molar-refractivity contribution in [2.75, 3.05) is 18.1 Å². The summed E-state index contributed by atoms with van der Waals surface area (Å²) in [4.78, 5) is 32.3. The molecule has 2 heterocycles. The standard InChI is InChI=1S/C17H18N4O5/c22-7-6-21-13-2-1-3-14(12(13)4-5-16(21)23)26-15-8-11(19-10-20-15)9-18-17(24)25/h1-3,8,10,18,22H,4-7,9H2,(H,24,25). The van der Waals surface area contributed by atoms with Crippen molar-refractivity contribution in [3.63, 3.8) is 0 Å². The van der Waals surface area contributed by atoms with E-state index in [4.69, 9.17) is 9.84 Å². The van der Waals surface area contributed by atoms with E-state index in [1.54, 1.807) is 23.1 Å². The number of carbonyl (C=O) groups excluding carboxylic acids is 1. The van der Waals surface area contributed by atoms with E-state index >= 15 is 0 Å². The fraction of sp³-hybridized carbons (Fsp3) is 0.294. The number of benzene rings is 1. The van der Waals surface area contributed by atoms with Gasteiger partial charge in [-0.05, 0) is 18.6 Å². The maximum Gasteiger partial charge on any atom is 0.404 e. The first-order chi connectivity index (χ1) is 12.6. The molecular formula is C17H18N4O5. The number of aromatic nitrogens is 2. The van der Waals surface area contributed by atoms with Gasteiger partial charge in [0.15, 0.2) is 0 Å². The fourth-order valence-electron chi connectivity index (χ4n) is 2.81. The van der Waals surface area contributed by atoms with Gasteiger partial charge >= 0.3 is 6.09 Å². The molecule has 0 bridgehead atoms. The highest BCUT2D eigenvalue weighted by Crippen LogP contribution is 2.36. The number of anilines is 1. The molecule has 3 rings (SSSR count). The first kappa shape index (κ1) is 17.6. The molecule has 0 radical (unpaired) electrons. The molecule has 0 saturated carbocycles. The Kier molecular flexibility index (Phi) is 5.28. The lowest BCUT2D eigenvalue weighted by atomic mass is 10.00. The lowest BCUT2D eigenvalue weighted by Gasteiger charge is -2.29. The summed E-state index contributed by atoms with van der Waals surface area (Å²) in [5, 5.41) is 20.1. The van der Waals surface area contributed by atoms with Crippen molar-refractivity contribution >= 4 is 17.7 Å². The van der Waals surface area contributed by atoms with Crippen LogP contribution < -0.4 is 15.0 Å². The predicted molar refractivity (Wildman–Crippen MR) is 91.2 cm³/mol. The second-order valence-corrected chi connectivity index (χ2v) is 5.63. The third-order valence-electron chi connectivity index (χ3n) is 3.95. The van der Waals surface area contributed by atoms with Crippen LogP contribution in [0.4, 0.5) is 10.5 Å². The van der Waals surface area contributed by atoms with Crippen LogP contribution in [-0.2, 0) is 17.8 Å². The van der Waals surface area contributed by atoms with Gasteiger partial charge in [-0.15, -0.1) is 0 Å². The van der Waals surface area contributed by atoms with Gasteiger partial charge in [-0.3, -0.25) is 4.79 Å². The first-order valence-corrected chi connectivity index (χ1v) is 8.07. The van der Waals surface area contributed by atoms with Crippen LogP contribution in [0.5, 0.6) is 11.6 Å². The van der Waals surface area contributed by atoms with E-state index in [-0.39, 0.29) is 31.5 Å². The van der Waals surface area contributed by atoms with Gasteiger partial charge in [0, 0.05) is 24.6 Å². The van der Waals surface area contributed by atoms with Crippen molar-refractivity contribution in [3.8, 4) is 11.6 Å². The van der Waals surface area contributed by atoms with Gasteiger partial charge in [0.2, 0.25) is 11.8 Å². The number of aliphatic hydroxyl groups excluding tert-OH is 1. The van der Waals surface area contributed by atoms with Gasteiger partial charge in [0.1, 0.15) is 12.1 Å². The molecule has 136 valence electrons. The predicted octanol–water partition coefficient (Wildman–Crippen LogP) is 1.31. The summed E-state index contributed by atoms with van der Waals surface area (Å²) >= 11 is 0. The Morgan fingerprint density at radius 2 is 2.15 bits per heavy atom. The van der Waals surface area contributed by atoms with Crippen LogP contribution in [0.3, 0.4) is 0 Å². The lowest BCUT2D eigenvalue weighted by molar-refractivity contribution is -0.119. The number of fused-ring (bicyclic) bond motifs is 1. The van der Waals surface area contributed by atoms with Crippen molar-refractivity contribution in [2.24, 2.45) is 0 Å². The van der Waals surface area contributed by atoms with Crippen LogP contribution in [0.25, 0.3) is 0 Å². The summed E-state index contributed by atoms with van der Waals surface area (Å²) in [7, 11) is 0. The Morgan fingerprint density at radius 3 is 2.92 bits per heavy atom. The molecule has 26 heavy (non-hydrogen) atoms. The second kappa shape index (κ2) is 7.79. The molecule has 0 saturated heterocycles. The number of rotatable bonds is 6. The number of carbonyl (C=O) groups is 2.